The van der Waals surface area contributed by atoms with Gasteiger partial charge in [-0.15, -0.1) is 0 Å². The molecule has 0 aromatic heterocycles. The zero-order chi connectivity index (χ0) is 7.82. The quantitative estimate of drug-likeness (QED) is 0.453. The van der Waals surface area contributed by atoms with Crippen molar-refractivity contribution in [3.05, 3.63) is 0 Å². The van der Waals surface area contributed by atoms with Crippen LogP contribution in [0.1, 0.15) is 20.3 Å². The molecule has 0 aromatic rings. The Labute approximate surface area is 67.4 Å². The summed E-state index contributed by atoms with van der Waals surface area (Å²) in [6.07, 6.45) is 0.787. The second-order valence-electron chi connectivity index (χ2n) is 2.18. The molecule has 62 valence electrons. The van der Waals surface area contributed by atoms with E-state index in [2.05, 4.69) is 12.2 Å². The third kappa shape index (κ3) is 8.27. The van der Waals surface area contributed by atoms with Gasteiger partial charge in [0, 0.05) is 0 Å². The fraction of sp³-hybridized carbons (Fsp3) is 1.00. The van der Waals surface area contributed by atoms with Crippen LogP contribution < -0.4 is 5.32 Å². The third-order valence-electron chi connectivity index (χ3n) is 1.11. The van der Waals surface area contributed by atoms with Crippen LogP contribution in [0.4, 0.5) is 0 Å². The molecule has 0 rings (SSSR count). The van der Waals surface area contributed by atoms with E-state index in [1.54, 1.807) is 6.92 Å². The van der Waals surface area contributed by atoms with E-state index < -0.39 is 0 Å². The number of nitrogens with one attached hydrogen (secondary N) is 1. The first-order valence-corrected chi connectivity index (χ1v) is 4.92. The fourth-order valence-corrected chi connectivity index (χ4v) is 1.27. The van der Waals surface area contributed by atoms with E-state index in [4.69, 9.17) is 5.11 Å². The van der Waals surface area contributed by atoms with E-state index in [1.807, 2.05) is 11.8 Å². The monoisotopic (exact) mass is 163 g/mol. The summed E-state index contributed by atoms with van der Waals surface area (Å²) in [4.78, 5) is 0. The molecule has 0 bridgehead atoms. The summed E-state index contributed by atoms with van der Waals surface area (Å²) >= 11 is 1.94. The summed E-state index contributed by atoms with van der Waals surface area (Å²) in [6.45, 7) is 4.82. The van der Waals surface area contributed by atoms with Crippen molar-refractivity contribution in [2.24, 2.45) is 0 Å². The highest BCUT2D eigenvalue weighted by Crippen LogP contribution is 1.99. The van der Waals surface area contributed by atoms with Crippen LogP contribution in [0, 0.1) is 0 Å². The van der Waals surface area contributed by atoms with Gasteiger partial charge in [0.25, 0.3) is 0 Å². The van der Waals surface area contributed by atoms with Gasteiger partial charge in [-0.1, -0.05) is 6.92 Å². The van der Waals surface area contributed by atoms with E-state index in [-0.39, 0.29) is 6.23 Å². The first-order chi connectivity index (χ1) is 4.77. The highest BCUT2D eigenvalue weighted by atomic mass is 32.2. The highest BCUT2D eigenvalue weighted by Gasteiger charge is 1.91. The van der Waals surface area contributed by atoms with Crippen molar-refractivity contribution >= 4 is 11.8 Å². The molecule has 0 saturated carbocycles. The number of aliphatic hydroxyl groups excluding tert-OH is 1. The molecule has 0 radical (unpaired) electrons. The molecule has 0 aliphatic rings. The van der Waals surface area contributed by atoms with Crippen LogP contribution >= 0.6 is 11.8 Å². The van der Waals surface area contributed by atoms with Gasteiger partial charge in [0.05, 0.1) is 0 Å². The van der Waals surface area contributed by atoms with Crippen molar-refractivity contribution in [3.63, 3.8) is 0 Å². The van der Waals surface area contributed by atoms with Crippen molar-refractivity contribution in [2.75, 3.05) is 18.1 Å². The summed E-state index contributed by atoms with van der Waals surface area (Å²) in [5.74, 6) is 2.38. The fourth-order valence-electron chi connectivity index (χ4n) is 0.630. The molecule has 0 aliphatic carbocycles. The second-order valence-corrected chi connectivity index (χ2v) is 3.57. The van der Waals surface area contributed by atoms with Crippen LogP contribution in [-0.2, 0) is 0 Å². The maximum atomic E-state index is 8.79. The Morgan fingerprint density at radius 2 is 2.30 bits per heavy atom. The minimum Gasteiger partial charge on any atom is -0.379 e. The third-order valence-corrected chi connectivity index (χ3v) is 2.09. The van der Waals surface area contributed by atoms with Gasteiger partial charge in [0.1, 0.15) is 6.23 Å². The van der Waals surface area contributed by atoms with Crippen LogP contribution in [0.25, 0.3) is 0 Å². The molecular weight excluding hydrogens is 146 g/mol. The summed E-state index contributed by atoms with van der Waals surface area (Å²) in [5.41, 5.74) is 0. The predicted octanol–water partition coefficient (Wildman–Crippen LogP) is 1.06. The molecule has 0 saturated heterocycles. The Kier molecular flexibility index (Phi) is 7.58. The predicted molar refractivity (Wildman–Crippen MR) is 47.3 cm³/mol. The Hall–Kier alpha value is 0.270. The lowest BCUT2D eigenvalue weighted by Gasteiger charge is -2.05. The largest absolute Gasteiger partial charge is 0.379 e. The summed E-state index contributed by atoms with van der Waals surface area (Å²) in [7, 11) is 0. The van der Waals surface area contributed by atoms with Crippen molar-refractivity contribution < 1.29 is 5.11 Å². The second kappa shape index (κ2) is 7.38. The van der Waals surface area contributed by atoms with E-state index in [0.29, 0.717) is 0 Å². The molecule has 10 heavy (non-hydrogen) atoms. The van der Waals surface area contributed by atoms with E-state index in [9.17, 15) is 0 Å². The molecule has 3 heteroatoms. The van der Waals surface area contributed by atoms with Crippen molar-refractivity contribution in [1.29, 1.82) is 0 Å². The van der Waals surface area contributed by atoms with Gasteiger partial charge in [-0.3, -0.25) is 5.32 Å². The van der Waals surface area contributed by atoms with Gasteiger partial charge in [0.15, 0.2) is 0 Å². The average molecular weight is 163 g/mol. The minimum atomic E-state index is -0.355. The number of rotatable bonds is 6. The highest BCUT2D eigenvalue weighted by molar-refractivity contribution is 7.99. The maximum Gasteiger partial charge on any atom is 0.102 e. The van der Waals surface area contributed by atoms with Gasteiger partial charge in [-0.2, -0.15) is 11.8 Å². The van der Waals surface area contributed by atoms with Gasteiger partial charge in [-0.05, 0) is 31.4 Å². The minimum absolute atomic E-state index is 0.355. The molecule has 2 nitrogen and oxygen atoms in total. The maximum absolute atomic E-state index is 8.79. The van der Waals surface area contributed by atoms with Gasteiger partial charge < -0.3 is 5.11 Å². The zero-order valence-corrected chi connectivity index (χ0v) is 7.58. The first kappa shape index (κ1) is 10.3. The summed E-state index contributed by atoms with van der Waals surface area (Å²) in [6, 6.07) is 0. The Morgan fingerprint density at radius 1 is 1.60 bits per heavy atom. The lowest BCUT2D eigenvalue weighted by Crippen LogP contribution is -2.26. The normalized spacial score (nSPS) is 13.5. The Bertz CT molecular complexity index is 68.6. The van der Waals surface area contributed by atoms with Crippen LogP contribution in [0.5, 0.6) is 0 Å². The van der Waals surface area contributed by atoms with Gasteiger partial charge in [-0.25, -0.2) is 0 Å². The van der Waals surface area contributed by atoms with Crippen LogP contribution in [-0.4, -0.2) is 29.4 Å². The average Bonchev–Trinajstić information content (AvgIpc) is 1.87. The SMILES string of the molecule is CCSCCCNC(C)O. The first-order valence-electron chi connectivity index (χ1n) is 3.76. The smallest absolute Gasteiger partial charge is 0.102 e. The standard InChI is InChI=1S/C7H17NOS/c1-3-10-6-4-5-8-7(2)9/h7-9H,3-6H2,1-2H3. The molecule has 1 atom stereocenters. The Balaban J connectivity index is 2.77. The van der Waals surface area contributed by atoms with Crippen LogP contribution in [0.3, 0.4) is 0 Å². The molecule has 0 spiro atoms. The number of thioether (sulfide) groups is 1. The van der Waals surface area contributed by atoms with Crippen LogP contribution in [0.15, 0.2) is 0 Å². The molecule has 0 aliphatic heterocycles. The molecule has 0 fully saturated rings. The summed E-state index contributed by atoms with van der Waals surface area (Å²) < 4.78 is 0. The summed E-state index contributed by atoms with van der Waals surface area (Å²) in [5, 5.41) is 11.7. The number of aliphatic hydroxyl groups is 1. The molecule has 0 aromatic carbocycles. The topological polar surface area (TPSA) is 32.3 Å². The number of hydrogen-bond acceptors (Lipinski definition) is 3. The van der Waals surface area contributed by atoms with Crippen molar-refractivity contribution in [3.8, 4) is 0 Å². The number of hydrogen-bond donors (Lipinski definition) is 2. The van der Waals surface area contributed by atoms with Crippen molar-refractivity contribution in [1.82, 2.24) is 5.32 Å². The van der Waals surface area contributed by atoms with Crippen molar-refractivity contribution in [2.45, 2.75) is 26.5 Å². The molecule has 2 N–H and O–H groups in total. The molecular formula is C7H17NOS. The lowest BCUT2D eigenvalue weighted by atomic mass is 10.4. The molecule has 0 heterocycles. The Morgan fingerprint density at radius 3 is 2.80 bits per heavy atom. The lowest BCUT2D eigenvalue weighted by molar-refractivity contribution is 0.157. The van der Waals surface area contributed by atoms with E-state index in [1.165, 1.54) is 11.5 Å². The zero-order valence-electron chi connectivity index (χ0n) is 6.76. The van der Waals surface area contributed by atoms with E-state index in [0.717, 1.165) is 13.0 Å². The van der Waals surface area contributed by atoms with Crippen LogP contribution in [0.2, 0.25) is 0 Å². The molecule has 0 amide bonds. The van der Waals surface area contributed by atoms with Gasteiger partial charge in [0.2, 0.25) is 0 Å². The van der Waals surface area contributed by atoms with Gasteiger partial charge >= 0.3 is 0 Å². The van der Waals surface area contributed by atoms with E-state index >= 15 is 0 Å². The molecule has 1 unspecified atom stereocenters.